The van der Waals surface area contributed by atoms with Gasteiger partial charge in [-0.2, -0.15) is 13.1 Å². The molecule has 1 aromatic rings. The summed E-state index contributed by atoms with van der Waals surface area (Å²) in [7, 11) is -3.31. The molecule has 0 radical (unpaired) electrons. The number of anilines is 1. The van der Waals surface area contributed by atoms with Crippen LogP contribution < -0.4 is 20.1 Å². The second-order valence-electron chi connectivity index (χ2n) is 5.96. The predicted molar refractivity (Wildman–Crippen MR) is 87.4 cm³/mol. The molecule has 2 aliphatic rings. The summed E-state index contributed by atoms with van der Waals surface area (Å²) in [6.45, 7) is 0. The highest BCUT2D eigenvalue weighted by Gasteiger charge is 2.45. The summed E-state index contributed by atoms with van der Waals surface area (Å²) < 4.78 is 83.1. The molecule has 0 amide bonds. The lowest BCUT2D eigenvalue weighted by Crippen LogP contribution is -2.65. The summed E-state index contributed by atoms with van der Waals surface area (Å²) in [5.41, 5.74) is 0.446. The Bertz CT molecular complexity index is 899. The van der Waals surface area contributed by atoms with Crippen molar-refractivity contribution in [3.8, 4) is 0 Å². The van der Waals surface area contributed by atoms with Crippen molar-refractivity contribution in [1.82, 2.24) is 14.8 Å². The average Bonchev–Trinajstić information content (AvgIpc) is 3.43. The van der Waals surface area contributed by atoms with Gasteiger partial charge in [0.25, 0.3) is 10.2 Å². The number of benzene rings is 1. The first-order valence-corrected chi connectivity index (χ1v) is 9.15. The highest BCUT2D eigenvalue weighted by Crippen LogP contribution is 2.41. The Labute approximate surface area is 147 Å². The molecule has 0 aromatic heterocycles. The van der Waals surface area contributed by atoms with Gasteiger partial charge < -0.3 is 10.6 Å². The molecule has 6 nitrogen and oxygen atoms in total. The van der Waals surface area contributed by atoms with Crippen LogP contribution >= 0.6 is 0 Å². The zero-order valence-electron chi connectivity index (χ0n) is 13.5. The Morgan fingerprint density at radius 2 is 1.88 bits per heavy atom. The van der Waals surface area contributed by atoms with Crippen molar-refractivity contribution < 1.29 is 26.0 Å². The summed E-state index contributed by atoms with van der Waals surface area (Å²) in [4.78, 5) is 0. The number of rotatable bonds is 6. The van der Waals surface area contributed by atoms with E-state index in [0.717, 1.165) is 25.5 Å². The van der Waals surface area contributed by atoms with E-state index >= 15 is 0 Å². The maximum Gasteiger partial charge on any atom is 0.280 e. The first-order chi connectivity index (χ1) is 12.2. The number of nitrogens with one attached hydrogen (secondary N) is 4. The van der Waals surface area contributed by atoms with E-state index < -0.39 is 39.3 Å². The minimum atomic E-state index is -4.34. The van der Waals surface area contributed by atoms with E-state index in [0.29, 0.717) is 6.20 Å². The van der Waals surface area contributed by atoms with Gasteiger partial charge in [0.15, 0.2) is 11.7 Å². The fraction of sp³-hybridized carbons (Fsp3) is 0.333. The zero-order chi connectivity index (χ0) is 19.1. The van der Waals surface area contributed by atoms with Crippen molar-refractivity contribution >= 4 is 15.9 Å². The topological polar surface area (TPSA) is 82.3 Å². The van der Waals surface area contributed by atoms with Crippen LogP contribution in [0, 0.1) is 5.82 Å². The second kappa shape index (κ2) is 6.56. The van der Waals surface area contributed by atoms with Crippen LogP contribution in [0.15, 0.2) is 41.9 Å². The third-order valence-corrected chi connectivity index (χ3v) is 5.18. The van der Waals surface area contributed by atoms with Gasteiger partial charge >= 0.3 is 0 Å². The molecule has 1 fully saturated rings. The van der Waals surface area contributed by atoms with Crippen LogP contribution in [0.3, 0.4) is 0 Å². The van der Waals surface area contributed by atoms with Crippen molar-refractivity contribution in [1.29, 1.82) is 0 Å². The third kappa shape index (κ3) is 3.55. The lowest BCUT2D eigenvalue weighted by molar-refractivity contribution is 0.321. The number of halogens is 4. The van der Waals surface area contributed by atoms with Gasteiger partial charge in [-0.3, -0.25) is 0 Å². The molecular formula is C15H16F4N4O2S. The highest BCUT2D eigenvalue weighted by molar-refractivity contribution is 7.87. The number of allylic oxidation sites excluding steroid dienone is 2. The Morgan fingerprint density at radius 1 is 1.19 bits per heavy atom. The van der Waals surface area contributed by atoms with Crippen molar-refractivity contribution in [3.63, 3.8) is 0 Å². The summed E-state index contributed by atoms with van der Waals surface area (Å²) >= 11 is 0. The van der Waals surface area contributed by atoms with Crippen LogP contribution in [-0.4, -0.2) is 21.3 Å². The van der Waals surface area contributed by atoms with Crippen molar-refractivity contribution in [2.24, 2.45) is 0 Å². The van der Waals surface area contributed by atoms with Crippen LogP contribution in [0.4, 0.5) is 23.2 Å². The van der Waals surface area contributed by atoms with E-state index in [4.69, 9.17) is 0 Å². The fourth-order valence-electron chi connectivity index (χ4n) is 2.52. The van der Waals surface area contributed by atoms with Crippen molar-refractivity contribution in [2.45, 2.75) is 24.5 Å². The number of hydrogen-bond acceptors (Lipinski definition) is 4. The molecule has 1 atom stereocenters. The number of hydrogen-bond donors (Lipinski definition) is 4. The maximum atomic E-state index is 14.5. The minimum Gasteiger partial charge on any atom is -0.347 e. The summed E-state index contributed by atoms with van der Waals surface area (Å²) in [6, 6.07) is 4.11. The van der Waals surface area contributed by atoms with Gasteiger partial charge in [-0.05, 0) is 36.5 Å². The largest absolute Gasteiger partial charge is 0.347 e. The van der Waals surface area contributed by atoms with E-state index in [9.17, 15) is 26.0 Å². The van der Waals surface area contributed by atoms with Crippen LogP contribution in [0.5, 0.6) is 0 Å². The molecular weight excluding hydrogens is 376 g/mol. The van der Waals surface area contributed by atoms with Crippen molar-refractivity contribution in [3.05, 3.63) is 53.3 Å². The van der Waals surface area contributed by atoms with Gasteiger partial charge in [0.05, 0.1) is 5.69 Å². The molecule has 1 aliphatic carbocycles. The molecule has 0 bridgehead atoms. The average molecular weight is 392 g/mol. The highest BCUT2D eigenvalue weighted by atomic mass is 32.2. The van der Waals surface area contributed by atoms with E-state index in [-0.39, 0.29) is 11.6 Å². The van der Waals surface area contributed by atoms with Gasteiger partial charge in [-0.15, -0.1) is 0 Å². The van der Waals surface area contributed by atoms with Crippen LogP contribution in [-0.2, 0) is 10.2 Å². The smallest absolute Gasteiger partial charge is 0.280 e. The molecule has 1 aromatic carbocycles. The normalized spacial score (nSPS) is 23.5. The van der Waals surface area contributed by atoms with E-state index in [1.54, 1.807) is 10.8 Å². The molecule has 1 saturated carbocycles. The van der Waals surface area contributed by atoms with Gasteiger partial charge in [-0.25, -0.2) is 22.3 Å². The molecule has 0 saturated heterocycles. The molecule has 1 aliphatic heterocycles. The first kappa shape index (κ1) is 18.7. The lowest BCUT2D eigenvalue weighted by atomic mass is 10.1. The van der Waals surface area contributed by atoms with Crippen LogP contribution in [0.25, 0.3) is 0 Å². The molecule has 1 heterocycles. The second-order valence-corrected chi connectivity index (χ2v) is 7.58. The molecule has 26 heavy (non-hydrogen) atoms. The van der Waals surface area contributed by atoms with Crippen LogP contribution in [0.2, 0.25) is 0 Å². The van der Waals surface area contributed by atoms with E-state index in [1.165, 1.54) is 12.1 Å². The molecule has 1 unspecified atom stereocenters. The summed E-state index contributed by atoms with van der Waals surface area (Å²) in [5, 5.41) is 4.30. The van der Waals surface area contributed by atoms with Crippen molar-refractivity contribution in [2.75, 3.05) is 12.4 Å². The van der Waals surface area contributed by atoms with Gasteiger partial charge in [-0.1, -0.05) is 6.07 Å². The van der Waals surface area contributed by atoms with Crippen LogP contribution in [0.1, 0.15) is 24.3 Å². The Kier molecular flexibility index (Phi) is 4.71. The standard InChI is InChI=1S/C15H16F4N4O2S/c1-20-26(24,25)23-15(14(19)13(18)11(17)7-21-15)22-12-5-4-9(6-10(12)16)8-2-3-8/h4-8,20-23H,2-3H2,1H3. The molecule has 11 heteroatoms. The van der Waals surface area contributed by atoms with E-state index in [1.807, 2.05) is 4.72 Å². The third-order valence-electron chi connectivity index (χ3n) is 4.07. The molecule has 4 N–H and O–H groups in total. The SMILES string of the molecule is CNS(=O)(=O)NC1(Nc2ccc(C3CC3)cc2F)NC=C(F)C(F)=C1F. The molecule has 3 rings (SSSR count). The Hall–Kier alpha value is -2.11. The maximum absolute atomic E-state index is 14.5. The zero-order valence-corrected chi connectivity index (χ0v) is 14.4. The summed E-state index contributed by atoms with van der Waals surface area (Å²) in [5.74, 6) is -8.49. The number of dihydropyridines is 1. The summed E-state index contributed by atoms with van der Waals surface area (Å²) in [6.07, 6.45) is 2.30. The van der Waals surface area contributed by atoms with Gasteiger partial charge in [0, 0.05) is 13.2 Å². The quantitative estimate of drug-likeness (QED) is 0.443. The van der Waals surface area contributed by atoms with E-state index in [2.05, 4.69) is 10.6 Å². The molecule has 0 spiro atoms. The fourth-order valence-corrected chi connectivity index (χ4v) is 3.22. The lowest BCUT2D eigenvalue weighted by Gasteiger charge is -2.36. The Morgan fingerprint density at radius 3 is 2.46 bits per heavy atom. The minimum absolute atomic E-state index is 0.259. The predicted octanol–water partition coefficient (Wildman–Crippen LogP) is 2.39. The molecule has 142 valence electrons. The monoisotopic (exact) mass is 392 g/mol. The van der Waals surface area contributed by atoms with Gasteiger partial charge in [0.2, 0.25) is 11.6 Å². The Balaban J connectivity index is 2.00. The van der Waals surface area contributed by atoms with Gasteiger partial charge in [0.1, 0.15) is 5.82 Å². The first-order valence-electron chi connectivity index (χ1n) is 7.67.